The fourth-order valence-corrected chi connectivity index (χ4v) is 3.04. The molecule has 0 aliphatic carbocycles. The average Bonchev–Trinajstić information content (AvgIpc) is 2.75. The van der Waals surface area contributed by atoms with Crippen LogP contribution in [-0.4, -0.2) is 75.1 Å². The Hall–Kier alpha value is -4.00. The van der Waals surface area contributed by atoms with Crippen LogP contribution >= 0.6 is 0 Å². The summed E-state index contributed by atoms with van der Waals surface area (Å²) in [6.07, 6.45) is -1.54. The molecule has 0 aromatic heterocycles. The summed E-state index contributed by atoms with van der Waals surface area (Å²) in [5.74, 6) is -7.45. The van der Waals surface area contributed by atoms with Gasteiger partial charge in [-0.05, 0) is 11.5 Å². The molecule has 4 atom stereocenters. The molecule has 35 heavy (non-hydrogen) atoms. The van der Waals surface area contributed by atoms with E-state index in [-0.39, 0.29) is 6.42 Å². The summed E-state index contributed by atoms with van der Waals surface area (Å²) in [6, 6.07) is 2.91. The number of carbonyl (C=O) groups is 6. The van der Waals surface area contributed by atoms with Gasteiger partial charge in [0.2, 0.25) is 17.7 Å². The lowest BCUT2D eigenvalue weighted by Crippen LogP contribution is -2.59. The Kier molecular flexibility index (Phi) is 11.3. The highest BCUT2D eigenvalue weighted by molar-refractivity contribution is 5.95. The van der Waals surface area contributed by atoms with Crippen molar-refractivity contribution >= 4 is 35.6 Å². The smallest absolute Gasteiger partial charge is 0.326 e. The highest BCUT2D eigenvalue weighted by Crippen LogP contribution is 2.08. The number of aliphatic carboxylic acids is 3. The first-order chi connectivity index (χ1) is 16.3. The van der Waals surface area contributed by atoms with Crippen molar-refractivity contribution in [1.82, 2.24) is 16.0 Å². The summed E-state index contributed by atoms with van der Waals surface area (Å²) in [7, 11) is 0. The number of carboxylic acids is 3. The Bertz CT molecular complexity index is 936. The highest BCUT2D eigenvalue weighted by atomic mass is 16.4. The second kappa shape index (κ2) is 13.6. The molecule has 1 aromatic rings. The van der Waals surface area contributed by atoms with E-state index in [0.29, 0.717) is 5.56 Å². The molecule has 1 rings (SSSR count). The van der Waals surface area contributed by atoms with Crippen molar-refractivity contribution < 1.29 is 44.1 Å². The van der Waals surface area contributed by atoms with Gasteiger partial charge in [-0.25, -0.2) is 4.79 Å². The largest absolute Gasteiger partial charge is 0.481 e. The van der Waals surface area contributed by atoms with Gasteiger partial charge in [0, 0.05) is 6.42 Å². The van der Waals surface area contributed by atoms with E-state index < -0.39 is 78.6 Å². The number of nitrogens with two attached hydrogens (primary N) is 1. The van der Waals surface area contributed by atoms with E-state index in [1.54, 1.807) is 44.2 Å². The van der Waals surface area contributed by atoms with Gasteiger partial charge in [-0.15, -0.1) is 0 Å². The Labute approximate surface area is 201 Å². The lowest BCUT2D eigenvalue weighted by Gasteiger charge is -2.27. The first-order valence-corrected chi connectivity index (χ1v) is 10.7. The zero-order chi connectivity index (χ0) is 26.7. The molecular formula is C22H30N4O9. The zero-order valence-corrected chi connectivity index (χ0v) is 19.3. The quantitative estimate of drug-likeness (QED) is 0.162. The normalized spacial score (nSPS) is 14.2. The zero-order valence-electron chi connectivity index (χ0n) is 19.3. The van der Waals surface area contributed by atoms with E-state index in [9.17, 15) is 33.9 Å². The maximum atomic E-state index is 13.1. The van der Waals surface area contributed by atoms with Crippen LogP contribution in [0, 0.1) is 5.92 Å². The maximum Gasteiger partial charge on any atom is 0.326 e. The Morgan fingerprint density at radius 3 is 1.80 bits per heavy atom. The topological polar surface area (TPSA) is 225 Å². The van der Waals surface area contributed by atoms with Crippen molar-refractivity contribution in [1.29, 1.82) is 0 Å². The Morgan fingerprint density at radius 1 is 0.771 bits per heavy atom. The van der Waals surface area contributed by atoms with Gasteiger partial charge in [-0.3, -0.25) is 24.0 Å². The minimum absolute atomic E-state index is 0.0125. The maximum absolute atomic E-state index is 13.1. The van der Waals surface area contributed by atoms with Crippen LogP contribution in [0.25, 0.3) is 0 Å². The SMILES string of the molecule is CC(C)C(NC(=O)C(Cc1ccccc1)NC(=O)C(N)CC(=O)O)C(=O)NC(CC(=O)O)C(=O)O. The van der Waals surface area contributed by atoms with E-state index in [1.165, 1.54) is 0 Å². The first kappa shape index (κ1) is 29.0. The van der Waals surface area contributed by atoms with Crippen LogP contribution in [0.2, 0.25) is 0 Å². The highest BCUT2D eigenvalue weighted by Gasteiger charge is 2.32. The average molecular weight is 495 g/mol. The summed E-state index contributed by atoms with van der Waals surface area (Å²) >= 11 is 0. The molecule has 0 spiro atoms. The van der Waals surface area contributed by atoms with E-state index in [4.69, 9.17) is 15.9 Å². The molecule has 4 unspecified atom stereocenters. The van der Waals surface area contributed by atoms with Crippen molar-refractivity contribution in [3.63, 3.8) is 0 Å². The lowest BCUT2D eigenvalue weighted by atomic mass is 10.00. The molecule has 1 aromatic carbocycles. The van der Waals surface area contributed by atoms with Gasteiger partial charge >= 0.3 is 17.9 Å². The summed E-state index contributed by atoms with van der Waals surface area (Å²) in [5, 5.41) is 33.8. The fourth-order valence-electron chi connectivity index (χ4n) is 3.04. The van der Waals surface area contributed by atoms with E-state index in [2.05, 4.69) is 16.0 Å². The van der Waals surface area contributed by atoms with Crippen molar-refractivity contribution in [3.05, 3.63) is 35.9 Å². The summed E-state index contributed by atoms with van der Waals surface area (Å²) < 4.78 is 0. The molecule has 192 valence electrons. The molecule has 0 saturated carbocycles. The van der Waals surface area contributed by atoms with Crippen LogP contribution < -0.4 is 21.7 Å². The molecule has 0 fully saturated rings. The van der Waals surface area contributed by atoms with Crippen molar-refractivity contribution in [3.8, 4) is 0 Å². The number of amides is 3. The van der Waals surface area contributed by atoms with E-state index in [1.807, 2.05) is 0 Å². The monoisotopic (exact) mass is 494 g/mol. The van der Waals surface area contributed by atoms with E-state index >= 15 is 0 Å². The van der Waals surface area contributed by atoms with Gasteiger partial charge in [-0.2, -0.15) is 0 Å². The number of carbonyl (C=O) groups excluding carboxylic acids is 3. The van der Waals surface area contributed by atoms with Gasteiger partial charge in [0.15, 0.2) is 0 Å². The van der Waals surface area contributed by atoms with Crippen molar-refractivity contribution in [2.75, 3.05) is 0 Å². The van der Waals surface area contributed by atoms with Crippen molar-refractivity contribution in [2.45, 2.75) is 57.3 Å². The summed E-state index contributed by atoms with van der Waals surface area (Å²) in [6.45, 7) is 3.15. The summed E-state index contributed by atoms with van der Waals surface area (Å²) in [5.41, 5.74) is 6.24. The number of carboxylic acid groups (broad SMARTS) is 3. The fraction of sp³-hybridized carbons (Fsp3) is 0.455. The number of hydrogen-bond donors (Lipinski definition) is 7. The third kappa shape index (κ3) is 10.2. The van der Waals surface area contributed by atoms with Gasteiger partial charge in [0.05, 0.1) is 18.9 Å². The van der Waals surface area contributed by atoms with Crippen LogP contribution in [0.1, 0.15) is 32.3 Å². The van der Waals surface area contributed by atoms with Crippen molar-refractivity contribution in [2.24, 2.45) is 11.7 Å². The molecule has 0 saturated heterocycles. The lowest BCUT2D eigenvalue weighted by molar-refractivity contribution is -0.147. The predicted molar refractivity (Wildman–Crippen MR) is 121 cm³/mol. The first-order valence-electron chi connectivity index (χ1n) is 10.7. The standard InChI is InChI=1S/C22H30N4O9/c1-11(2)18(21(33)25-15(22(34)35)10-17(29)30)26-20(32)14(8-12-6-4-3-5-7-12)24-19(31)13(23)9-16(27)28/h3-7,11,13-15,18H,8-10,23H2,1-2H3,(H,24,31)(H,25,33)(H,26,32)(H,27,28)(H,29,30)(H,34,35). The van der Waals surface area contributed by atoms with Gasteiger partial charge in [0.25, 0.3) is 0 Å². The second-order valence-electron chi connectivity index (χ2n) is 8.18. The van der Waals surface area contributed by atoms with Gasteiger partial charge in [-0.1, -0.05) is 44.2 Å². The molecule has 13 heteroatoms. The third-order valence-corrected chi connectivity index (χ3v) is 4.89. The number of benzene rings is 1. The molecule has 3 amide bonds. The second-order valence-corrected chi connectivity index (χ2v) is 8.18. The molecule has 0 bridgehead atoms. The summed E-state index contributed by atoms with van der Waals surface area (Å²) in [4.78, 5) is 71.2. The molecular weight excluding hydrogens is 464 g/mol. The molecule has 0 aliphatic rings. The third-order valence-electron chi connectivity index (χ3n) is 4.89. The van der Waals surface area contributed by atoms with Gasteiger partial charge < -0.3 is 37.0 Å². The predicted octanol–water partition coefficient (Wildman–Crippen LogP) is -1.30. The minimum Gasteiger partial charge on any atom is -0.481 e. The molecule has 8 N–H and O–H groups in total. The molecule has 0 radical (unpaired) electrons. The Balaban J connectivity index is 3.08. The van der Waals surface area contributed by atoms with Crippen LogP contribution in [0.3, 0.4) is 0 Å². The molecule has 13 nitrogen and oxygen atoms in total. The minimum atomic E-state index is -1.72. The van der Waals surface area contributed by atoms with Crippen LogP contribution in [0.15, 0.2) is 30.3 Å². The Morgan fingerprint density at radius 2 is 1.31 bits per heavy atom. The van der Waals surface area contributed by atoms with Gasteiger partial charge in [0.1, 0.15) is 18.1 Å². The molecule has 0 heterocycles. The molecule has 0 aliphatic heterocycles. The number of hydrogen-bond acceptors (Lipinski definition) is 7. The van der Waals surface area contributed by atoms with E-state index in [0.717, 1.165) is 0 Å². The van der Waals surface area contributed by atoms with Crippen LogP contribution in [-0.2, 0) is 35.2 Å². The van der Waals surface area contributed by atoms with Crippen LogP contribution in [0.4, 0.5) is 0 Å². The van der Waals surface area contributed by atoms with Crippen LogP contribution in [0.5, 0.6) is 0 Å². The number of rotatable bonds is 14. The number of nitrogens with one attached hydrogen (secondary N) is 3.